The Bertz CT molecular complexity index is 546. The van der Waals surface area contributed by atoms with E-state index in [9.17, 15) is 0 Å². The summed E-state index contributed by atoms with van der Waals surface area (Å²) in [5, 5.41) is 2.33. The van der Waals surface area contributed by atoms with Crippen LogP contribution in [0, 0.1) is 0 Å². The lowest BCUT2D eigenvalue weighted by Crippen LogP contribution is -1.81. The average molecular weight is 329 g/mol. The molecule has 2 aromatic carbocycles. The fourth-order valence-electron chi connectivity index (χ4n) is 2.13. The molecule has 0 unspecified atom stereocenters. The second-order valence-corrected chi connectivity index (χ2v) is 7.38. The van der Waals surface area contributed by atoms with Gasteiger partial charge < -0.3 is 0 Å². The normalized spacial score (nSPS) is 11.6. The summed E-state index contributed by atoms with van der Waals surface area (Å²) < 4.78 is 0. The van der Waals surface area contributed by atoms with E-state index in [2.05, 4.69) is 73.0 Å². The molecule has 2 aromatic rings. The zero-order chi connectivity index (χ0) is 15.5. The number of rotatable bonds is 9. The van der Waals surface area contributed by atoms with E-state index in [1.807, 2.05) is 23.5 Å². The summed E-state index contributed by atoms with van der Waals surface area (Å²) in [6.45, 7) is 2.26. The largest absolute Gasteiger partial charge is 0.0972 e. The number of allylic oxidation sites excluding steroid dienone is 1. The van der Waals surface area contributed by atoms with Crippen LogP contribution < -0.4 is 0 Å². The molecule has 0 N–H and O–H groups in total. The van der Waals surface area contributed by atoms with Gasteiger partial charge in [0.2, 0.25) is 0 Å². The van der Waals surface area contributed by atoms with Crippen LogP contribution in [0.15, 0.2) is 80.8 Å². The van der Waals surface area contributed by atoms with Gasteiger partial charge >= 0.3 is 0 Å². The van der Waals surface area contributed by atoms with Gasteiger partial charge in [0.05, 0.1) is 0 Å². The minimum absolute atomic E-state index is 1.18. The number of thioether (sulfide) groups is 2. The molecule has 2 heteroatoms. The summed E-state index contributed by atoms with van der Waals surface area (Å²) in [6, 6.07) is 21.3. The van der Waals surface area contributed by atoms with E-state index in [0.717, 1.165) is 0 Å². The van der Waals surface area contributed by atoms with Gasteiger partial charge in [0.15, 0.2) is 0 Å². The van der Waals surface area contributed by atoms with E-state index in [-0.39, 0.29) is 0 Å². The van der Waals surface area contributed by atoms with Crippen molar-refractivity contribution in [3.05, 3.63) is 71.0 Å². The Morgan fingerprint density at radius 2 is 1.45 bits per heavy atom. The van der Waals surface area contributed by atoms with Gasteiger partial charge in [0.25, 0.3) is 0 Å². The lowest BCUT2D eigenvalue weighted by Gasteiger charge is -2.08. The highest BCUT2D eigenvalue weighted by Crippen LogP contribution is 2.33. The SMILES string of the molecule is CCCCCCC(=CSc1ccccc1)Sc1ccccc1. The van der Waals surface area contributed by atoms with Crippen molar-refractivity contribution >= 4 is 23.5 Å². The van der Waals surface area contributed by atoms with Crippen LogP contribution in [0.4, 0.5) is 0 Å². The van der Waals surface area contributed by atoms with Crippen LogP contribution in [0.1, 0.15) is 39.0 Å². The summed E-state index contributed by atoms with van der Waals surface area (Å²) in [7, 11) is 0. The van der Waals surface area contributed by atoms with Crippen molar-refractivity contribution in [3.63, 3.8) is 0 Å². The molecule has 0 nitrogen and oxygen atoms in total. The van der Waals surface area contributed by atoms with Gasteiger partial charge in [-0.1, -0.05) is 86.1 Å². The van der Waals surface area contributed by atoms with Gasteiger partial charge in [0.1, 0.15) is 0 Å². The maximum atomic E-state index is 2.33. The average Bonchev–Trinajstić information content (AvgIpc) is 2.58. The van der Waals surface area contributed by atoms with Crippen LogP contribution in [-0.2, 0) is 0 Å². The number of unbranched alkanes of at least 4 members (excludes halogenated alkanes) is 3. The van der Waals surface area contributed by atoms with Gasteiger partial charge in [-0.05, 0) is 47.4 Å². The zero-order valence-electron chi connectivity index (χ0n) is 13.2. The monoisotopic (exact) mass is 328 g/mol. The molecule has 0 aromatic heterocycles. The third-order valence-electron chi connectivity index (χ3n) is 3.34. The first kappa shape index (κ1) is 17.2. The zero-order valence-corrected chi connectivity index (χ0v) is 14.8. The van der Waals surface area contributed by atoms with E-state index < -0.39 is 0 Å². The molecule has 0 saturated heterocycles. The summed E-state index contributed by atoms with van der Waals surface area (Å²) in [4.78, 5) is 4.11. The van der Waals surface area contributed by atoms with Crippen molar-refractivity contribution in [2.24, 2.45) is 0 Å². The molecule has 0 bridgehead atoms. The Morgan fingerprint density at radius 3 is 2.09 bits per heavy atom. The topological polar surface area (TPSA) is 0 Å². The fraction of sp³-hybridized carbons (Fsp3) is 0.300. The molecule has 116 valence electrons. The van der Waals surface area contributed by atoms with Crippen LogP contribution in [0.5, 0.6) is 0 Å². The third-order valence-corrected chi connectivity index (χ3v) is 5.53. The predicted molar refractivity (Wildman–Crippen MR) is 101 cm³/mol. The van der Waals surface area contributed by atoms with Crippen molar-refractivity contribution in [3.8, 4) is 0 Å². The van der Waals surface area contributed by atoms with Crippen LogP contribution in [0.25, 0.3) is 0 Å². The van der Waals surface area contributed by atoms with Crippen molar-refractivity contribution in [1.29, 1.82) is 0 Å². The second-order valence-electron chi connectivity index (χ2n) is 5.24. The van der Waals surface area contributed by atoms with E-state index in [1.54, 1.807) is 0 Å². The molecule has 0 spiro atoms. The molecule has 0 amide bonds. The molecule has 0 aliphatic rings. The van der Waals surface area contributed by atoms with Crippen LogP contribution in [0.2, 0.25) is 0 Å². The number of hydrogen-bond acceptors (Lipinski definition) is 2. The molecule has 0 saturated carbocycles. The lowest BCUT2D eigenvalue weighted by atomic mass is 10.1. The molecule has 0 radical (unpaired) electrons. The van der Waals surface area contributed by atoms with E-state index in [1.165, 1.54) is 46.8 Å². The first-order chi connectivity index (χ1) is 10.9. The second kappa shape index (κ2) is 10.6. The van der Waals surface area contributed by atoms with Crippen LogP contribution >= 0.6 is 23.5 Å². The lowest BCUT2D eigenvalue weighted by molar-refractivity contribution is 0.672. The summed E-state index contributed by atoms with van der Waals surface area (Å²) in [6.07, 6.45) is 6.44. The first-order valence-electron chi connectivity index (χ1n) is 8.02. The van der Waals surface area contributed by atoms with Crippen molar-refractivity contribution in [2.75, 3.05) is 0 Å². The Kier molecular flexibility index (Phi) is 8.29. The number of benzene rings is 2. The van der Waals surface area contributed by atoms with Crippen molar-refractivity contribution in [1.82, 2.24) is 0 Å². The quantitative estimate of drug-likeness (QED) is 0.348. The first-order valence-corrected chi connectivity index (χ1v) is 9.71. The summed E-state index contributed by atoms with van der Waals surface area (Å²) in [5.41, 5.74) is 0. The molecular weight excluding hydrogens is 304 g/mol. The van der Waals surface area contributed by atoms with Crippen molar-refractivity contribution in [2.45, 2.75) is 48.8 Å². The third kappa shape index (κ3) is 6.76. The fourth-order valence-corrected chi connectivity index (χ4v) is 4.01. The van der Waals surface area contributed by atoms with E-state index >= 15 is 0 Å². The smallest absolute Gasteiger partial charge is 0.0119 e. The highest BCUT2D eigenvalue weighted by Gasteiger charge is 2.02. The highest BCUT2D eigenvalue weighted by atomic mass is 32.2. The number of hydrogen-bond donors (Lipinski definition) is 0. The maximum absolute atomic E-state index is 2.33. The standard InChI is InChI=1S/C20H24S2/c1-2-3-4-7-16-20(22-19-14-10-6-11-15-19)17-21-18-12-8-5-9-13-18/h5-6,8-15,17H,2-4,7,16H2,1H3. The van der Waals surface area contributed by atoms with Crippen LogP contribution in [0.3, 0.4) is 0 Å². The Hall–Kier alpha value is -1.12. The molecule has 0 fully saturated rings. The molecular formula is C20H24S2. The van der Waals surface area contributed by atoms with Gasteiger partial charge in [-0.15, -0.1) is 0 Å². The Morgan fingerprint density at radius 1 is 0.818 bits per heavy atom. The maximum Gasteiger partial charge on any atom is 0.0119 e. The van der Waals surface area contributed by atoms with Crippen LogP contribution in [-0.4, -0.2) is 0 Å². The summed E-state index contributed by atoms with van der Waals surface area (Å²) in [5.74, 6) is 0. The van der Waals surface area contributed by atoms with Gasteiger partial charge in [-0.25, -0.2) is 0 Å². The van der Waals surface area contributed by atoms with Gasteiger partial charge in [-0.3, -0.25) is 0 Å². The molecule has 0 atom stereocenters. The Balaban J connectivity index is 1.97. The van der Waals surface area contributed by atoms with Crippen molar-refractivity contribution < 1.29 is 0 Å². The molecule has 0 aliphatic heterocycles. The molecule has 2 rings (SSSR count). The van der Waals surface area contributed by atoms with Gasteiger partial charge in [-0.2, -0.15) is 0 Å². The molecule has 22 heavy (non-hydrogen) atoms. The Labute approximate surface area is 143 Å². The molecule has 0 heterocycles. The molecule has 0 aliphatic carbocycles. The highest BCUT2D eigenvalue weighted by molar-refractivity contribution is 8.06. The minimum Gasteiger partial charge on any atom is -0.0972 e. The van der Waals surface area contributed by atoms with E-state index in [0.29, 0.717) is 0 Å². The van der Waals surface area contributed by atoms with E-state index in [4.69, 9.17) is 0 Å². The summed E-state index contributed by atoms with van der Waals surface area (Å²) >= 11 is 3.73. The van der Waals surface area contributed by atoms with Gasteiger partial charge in [0, 0.05) is 9.79 Å². The minimum atomic E-state index is 1.18. The predicted octanol–water partition coefficient (Wildman–Crippen LogP) is 7.38.